The number of carbonyl (C=O) groups is 1. The highest BCUT2D eigenvalue weighted by molar-refractivity contribution is 6.30. The van der Waals surface area contributed by atoms with E-state index in [1.807, 2.05) is 45.0 Å². The first-order valence-electron chi connectivity index (χ1n) is 6.72. The Hall–Kier alpha value is -1.74. The third kappa shape index (κ3) is 2.88. The average molecular weight is 292 g/mol. The van der Waals surface area contributed by atoms with Crippen LogP contribution in [0.25, 0.3) is 11.3 Å². The van der Waals surface area contributed by atoms with Gasteiger partial charge in [-0.1, -0.05) is 11.6 Å². The van der Waals surface area contributed by atoms with Gasteiger partial charge < -0.3 is 9.32 Å². The lowest BCUT2D eigenvalue weighted by Gasteiger charge is -2.16. The molecule has 1 amide bonds. The van der Waals surface area contributed by atoms with Crippen molar-refractivity contribution in [1.82, 2.24) is 4.90 Å². The van der Waals surface area contributed by atoms with Crippen LogP contribution in [0.3, 0.4) is 0 Å². The summed E-state index contributed by atoms with van der Waals surface area (Å²) >= 11 is 5.95. The van der Waals surface area contributed by atoms with Gasteiger partial charge in [-0.2, -0.15) is 0 Å². The van der Waals surface area contributed by atoms with Gasteiger partial charge >= 0.3 is 0 Å². The van der Waals surface area contributed by atoms with Crippen LogP contribution in [0, 0.1) is 6.92 Å². The lowest BCUT2D eigenvalue weighted by Crippen LogP contribution is -2.30. The maximum atomic E-state index is 12.2. The van der Waals surface area contributed by atoms with Crippen molar-refractivity contribution in [1.29, 1.82) is 0 Å². The first-order chi connectivity index (χ1) is 9.56. The fourth-order valence-corrected chi connectivity index (χ4v) is 2.39. The van der Waals surface area contributed by atoms with Gasteiger partial charge in [0, 0.05) is 23.7 Å². The molecule has 3 nitrogen and oxygen atoms in total. The molecular weight excluding hydrogens is 274 g/mol. The summed E-state index contributed by atoms with van der Waals surface area (Å²) in [7, 11) is 0. The van der Waals surface area contributed by atoms with Crippen molar-refractivity contribution in [3.05, 3.63) is 46.7 Å². The molecule has 1 aromatic heterocycles. The van der Waals surface area contributed by atoms with E-state index >= 15 is 0 Å². The quantitative estimate of drug-likeness (QED) is 0.837. The minimum Gasteiger partial charge on any atom is -0.451 e. The summed E-state index contributed by atoms with van der Waals surface area (Å²) in [6.07, 6.45) is 0. The van der Waals surface area contributed by atoms with Gasteiger partial charge in [-0.15, -0.1) is 0 Å². The van der Waals surface area contributed by atoms with Gasteiger partial charge in [-0.3, -0.25) is 4.79 Å². The molecule has 0 radical (unpaired) electrons. The van der Waals surface area contributed by atoms with E-state index in [0.717, 1.165) is 11.1 Å². The number of amides is 1. The first kappa shape index (κ1) is 14.7. The molecule has 1 heterocycles. The number of carbonyl (C=O) groups excluding carboxylic acids is 1. The number of halogens is 1. The topological polar surface area (TPSA) is 33.5 Å². The van der Waals surface area contributed by atoms with Gasteiger partial charge in [0.05, 0.1) is 0 Å². The Morgan fingerprint density at radius 3 is 2.50 bits per heavy atom. The molecule has 0 aliphatic rings. The largest absolute Gasteiger partial charge is 0.451 e. The SMILES string of the molecule is CCN(CC)C(=O)c1ccc(-c2ccc(Cl)cc2C)o1. The molecule has 0 aliphatic heterocycles. The summed E-state index contributed by atoms with van der Waals surface area (Å²) in [5.74, 6) is 0.987. The second-order valence-corrected chi connectivity index (χ2v) is 5.04. The van der Waals surface area contributed by atoms with Crippen molar-refractivity contribution < 1.29 is 9.21 Å². The molecule has 1 aromatic carbocycles. The number of hydrogen-bond donors (Lipinski definition) is 0. The van der Waals surface area contributed by atoms with E-state index in [1.165, 1.54) is 0 Å². The molecule has 106 valence electrons. The third-order valence-corrected chi connectivity index (χ3v) is 3.56. The molecule has 20 heavy (non-hydrogen) atoms. The van der Waals surface area contributed by atoms with E-state index in [1.54, 1.807) is 11.0 Å². The highest BCUT2D eigenvalue weighted by Crippen LogP contribution is 2.28. The zero-order valence-electron chi connectivity index (χ0n) is 11.9. The molecule has 0 atom stereocenters. The molecule has 4 heteroatoms. The van der Waals surface area contributed by atoms with Crippen LogP contribution < -0.4 is 0 Å². The standard InChI is InChI=1S/C16H18ClNO2/c1-4-18(5-2)16(19)15-9-8-14(20-15)13-7-6-12(17)10-11(13)3/h6-10H,4-5H2,1-3H3. The van der Waals surface area contributed by atoms with Gasteiger partial charge in [-0.25, -0.2) is 0 Å². The van der Waals surface area contributed by atoms with Gasteiger partial charge in [0.15, 0.2) is 5.76 Å². The van der Waals surface area contributed by atoms with Crippen molar-refractivity contribution in [3.8, 4) is 11.3 Å². The van der Waals surface area contributed by atoms with Crippen molar-refractivity contribution in [2.75, 3.05) is 13.1 Å². The highest BCUT2D eigenvalue weighted by Gasteiger charge is 2.17. The van der Waals surface area contributed by atoms with Crippen molar-refractivity contribution in [2.24, 2.45) is 0 Å². The summed E-state index contributed by atoms with van der Waals surface area (Å²) in [6, 6.07) is 9.16. The van der Waals surface area contributed by atoms with E-state index < -0.39 is 0 Å². The average Bonchev–Trinajstić information content (AvgIpc) is 2.89. The molecule has 2 rings (SSSR count). The Kier molecular flexibility index (Phi) is 4.50. The van der Waals surface area contributed by atoms with Crippen LogP contribution >= 0.6 is 11.6 Å². The van der Waals surface area contributed by atoms with E-state index in [-0.39, 0.29) is 5.91 Å². The number of benzene rings is 1. The van der Waals surface area contributed by atoms with E-state index in [4.69, 9.17) is 16.0 Å². The molecule has 0 N–H and O–H groups in total. The summed E-state index contributed by atoms with van der Waals surface area (Å²) in [6.45, 7) is 7.22. The smallest absolute Gasteiger partial charge is 0.289 e. The normalized spacial score (nSPS) is 10.6. The Labute approximate surface area is 124 Å². The second-order valence-electron chi connectivity index (χ2n) is 4.60. The molecule has 0 saturated heterocycles. The van der Waals surface area contributed by atoms with Crippen LogP contribution in [0.15, 0.2) is 34.7 Å². The number of hydrogen-bond acceptors (Lipinski definition) is 2. The highest BCUT2D eigenvalue weighted by atomic mass is 35.5. The van der Waals surface area contributed by atoms with Crippen LogP contribution in [-0.4, -0.2) is 23.9 Å². The predicted octanol–water partition coefficient (Wildman–Crippen LogP) is 4.39. The molecule has 0 aliphatic carbocycles. The van der Waals surface area contributed by atoms with Crippen LogP contribution in [0.4, 0.5) is 0 Å². The zero-order valence-corrected chi connectivity index (χ0v) is 12.7. The summed E-state index contributed by atoms with van der Waals surface area (Å²) in [5.41, 5.74) is 1.97. The predicted molar refractivity (Wildman–Crippen MR) is 81.1 cm³/mol. The monoisotopic (exact) mass is 291 g/mol. The van der Waals surface area contributed by atoms with E-state index in [9.17, 15) is 4.79 Å². The minimum absolute atomic E-state index is 0.0760. The van der Waals surface area contributed by atoms with Crippen molar-refractivity contribution >= 4 is 17.5 Å². The maximum Gasteiger partial charge on any atom is 0.289 e. The summed E-state index contributed by atoms with van der Waals surface area (Å²) < 4.78 is 5.70. The summed E-state index contributed by atoms with van der Waals surface area (Å²) in [5, 5.41) is 0.692. The van der Waals surface area contributed by atoms with Crippen molar-refractivity contribution in [2.45, 2.75) is 20.8 Å². The molecule has 0 fully saturated rings. The van der Waals surface area contributed by atoms with Gasteiger partial charge in [0.1, 0.15) is 5.76 Å². The fourth-order valence-electron chi connectivity index (χ4n) is 2.17. The molecule has 0 unspecified atom stereocenters. The summed E-state index contributed by atoms with van der Waals surface area (Å²) in [4.78, 5) is 13.9. The van der Waals surface area contributed by atoms with E-state index in [0.29, 0.717) is 29.6 Å². The Bertz CT molecular complexity index is 615. The van der Waals surface area contributed by atoms with Crippen LogP contribution in [0.5, 0.6) is 0 Å². The second kappa shape index (κ2) is 6.14. The maximum absolute atomic E-state index is 12.2. The first-order valence-corrected chi connectivity index (χ1v) is 7.10. The third-order valence-electron chi connectivity index (χ3n) is 3.32. The molecular formula is C16H18ClNO2. The molecule has 0 saturated carbocycles. The molecule has 0 spiro atoms. The lowest BCUT2D eigenvalue weighted by molar-refractivity contribution is 0.0742. The van der Waals surface area contributed by atoms with E-state index in [2.05, 4.69) is 0 Å². The number of furan rings is 1. The van der Waals surface area contributed by atoms with Gasteiger partial charge in [0.2, 0.25) is 0 Å². The Morgan fingerprint density at radius 1 is 1.20 bits per heavy atom. The Balaban J connectivity index is 2.31. The lowest BCUT2D eigenvalue weighted by atomic mass is 10.1. The molecule has 2 aromatic rings. The minimum atomic E-state index is -0.0760. The molecule has 0 bridgehead atoms. The van der Waals surface area contributed by atoms with Crippen LogP contribution in [0.2, 0.25) is 5.02 Å². The number of nitrogens with zero attached hydrogens (tertiary/aromatic N) is 1. The van der Waals surface area contributed by atoms with Crippen LogP contribution in [-0.2, 0) is 0 Å². The fraction of sp³-hybridized carbons (Fsp3) is 0.312. The Morgan fingerprint density at radius 2 is 1.90 bits per heavy atom. The number of rotatable bonds is 4. The van der Waals surface area contributed by atoms with Gasteiger partial charge in [0.25, 0.3) is 5.91 Å². The zero-order chi connectivity index (χ0) is 14.7. The van der Waals surface area contributed by atoms with Crippen LogP contribution in [0.1, 0.15) is 30.0 Å². The number of aryl methyl sites for hydroxylation is 1. The van der Waals surface area contributed by atoms with Gasteiger partial charge in [-0.05, 0) is 56.7 Å². The van der Waals surface area contributed by atoms with Crippen molar-refractivity contribution in [3.63, 3.8) is 0 Å².